The number of nitrogens with one attached hydrogen (secondary N) is 1. The molecule has 1 N–H and O–H groups in total. The third-order valence-electron chi connectivity index (χ3n) is 0.846. The summed E-state index contributed by atoms with van der Waals surface area (Å²) in [5, 5.41) is 3.16. The Morgan fingerprint density at radius 2 is 1.62 bits per heavy atom. The average Bonchev–Trinajstić information content (AvgIpc) is 1.96. The molecule has 0 unspecified atom stereocenters. The molecule has 0 atom stereocenters. The topological polar surface area (TPSA) is 21.3 Å². The maximum absolute atomic E-state index is 5.01. The van der Waals surface area contributed by atoms with Gasteiger partial charge in [0.25, 0.3) is 0 Å². The summed E-state index contributed by atoms with van der Waals surface area (Å²) in [6.07, 6.45) is 0. The molecular formula is C6H15NO. The molecule has 50 valence electrons. The number of hydrogen-bond acceptors (Lipinski definition) is 2. The minimum Gasteiger partial charge on any atom is -0.379 e. The fourth-order valence-corrected chi connectivity index (χ4v) is 0.516. The Kier molecular flexibility index (Phi) is 6.85. The molecule has 2 heteroatoms. The number of rotatable bonds is 0. The minimum atomic E-state index is 0.889. The highest BCUT2D eigenvalue weighted by molar-refractivity contribution is 4.49. The SMILES string of the molecule is C1COCCN1.CC. The largest absolute Gasteiger partial charge is 0.379 e. The number of morpholine rings is 1. The van der Waals surface area contributed by atoms with Crippen molar-refractivity contribution >= 4 is 0 Å². The average molecular weight is 117 g/mol. The molecule has 1 rings (SSSR count). The van der Waals surface area contributed by atoms with Crippen molar-refractivity contribution in [2.45, 2.75) is 13.8 Å². The van der Waals surface area contributed by atoms with Crippen molar-refractivity contribution in [3.63, 3.8) is 0 Å². The molecule has 1 aliphatic rings. The van der Waals surface area contributed by atoms with E-state index in [-0.39, 0.29) is 0 Å². The molecule has 0 aliphatic carbocycles. The summed E-state index contributed by atoms with van der Waals surface area (Å²) >= 11 is 0. The highest BCUT2D eigenvalue weighted by Crippen LogP contribution is 1.76. The first-order valence-electron chi connectivity index (χ1n) is 3.28. The zero-order chi connectivity index (χ0) is 6.24. The predicted molar refractivity (Wildman–Crippen MR) is 35.0 cm³/mol. The van der Waals surface area contributed by atoms with Crippen molar-refractivity contribution in [1.29, 1.82) is 0 Å². The normalized spacial score (nSPS) is 18.8. The molecule has 0 aromatic heterocycles. The van der Waals surface area contributed by atoms with Gasteiger partial charge in [-0.25, -0.2) is 0 Å². The van der Waals surface area contributed by atoms with Crippen LogP contribution in [0.4, 0.5) is 0 Å². The first-order chi connectivity index (χ1) is 4.00. The Bertz CT molecular complexity index is 24.0. The van der Waals surface area contributed by atoms with Crippen molar-refractivity contribution in [2.24, 2.45) is 0 Å². The summed E-state index contributed by atoms with van der Waals surface area (Å²) in [5.41, 5.74) is 0. The van der Waals surface area contributed by atoms with E-state index in [0.717, 1.165) is 26.3 Å². The van der Waals surface area contributed by atoms with Crippen LogP contribution in [0.3, 0.4) is 0 Å². The van der Waals surface area contributed by atoms with E-state index >= 15 is 0 Å². The van der Waals surface area contributed by atoms with E-state index in [1.807, 2.05) is 13.8 Å². The molecule has 2 nitrogen and oxygen atoms in total. The maximum Gasteiger partial charge on any atom is 0.0591 e. The van der Waals surface area contributed by atoms with E-state index in [4.69, 9.17) is 4.74 Å². The van der Waals surface area contributed by atoms with Crippen LogP contribution in [0.2, 0.25) is 0 Å². The van der Waals surface area contributed by atoms with Crippen molar-refractivity contribution in [3.8, 4) is 0 Å². The number of ether oxygens (including phenoxy) is 1. The minimum absolute atomic E-state index is 0.889. The lowest BCUT2D eigenvalue weighted by Gasteiger charge is -2.10. The van der Waals surface area contributed by atoms with Crippen LogP contribution in [0.25, 0.3) is 0 Å². The molecular weight excluding hydrogens is 102 g/mol. The van der Waals surface area contributed by atoms with Gasteiger partial charge < -0.3 is 10.1 Å². The molecule has 1 fully saturated rings. The first-order valence-corrected chi connectivity index (χ1v) is 3.28. The van der Waals surface area contributed by atoms with Gasteiger partial charge in [0.15, 0.2) is 0 Å². The van der Waals surface area contributed by atoms with E-state index in [1.165, 1.54) is 0 Å². The molecule has 8 heavy (non-hydrogen) atoms. The third kappa shape index (κ3) is 4.09. The molecule has 1 aliphatic heterocycles. The van der Waals surface area contributed by atoms with Crippen LogP contribution in [-0.2, 0) is 4.74 Å². The zero-order valence-electron chi connectivity index (χ0n) is 5.74. The fourth-order valence-electron chi connectivity index (χ4n) is 0.516. The van der Waals surface area contributed by atoms with E-state index in [9.17, 15) is 0 Å². The van der Waals surface area contributed by atoms with E-state index in [1.54, 1.807) is 0 Å². The van der Waals surface area contributed by atoms with Crippen LogP contribution >= 0.6 is 0 Å². The van der Waals surface area contributed by atoms with Gasteiger partial charge in [0, 0.05) is 13.1 Å². The van der Waals surface area contributed by atoms with Gasteiger partial charge in [0.2, 0.25) is 0 Å². The lowest BCUT2D eigenvalue weighted by atomic mass is 10.5. The highest BCUT2D eigenvalue weighted by atomic mass is 16.5. The van der Waals surface area contributed by atoms with Gasteiger partial charge in [-0.15, -0.1) is 0 Å². The quantitative estimate of drug-likeness (QED) is 0.502. The fraction of sp³-hybridized carbons (Fsp3) is 1.00. The highest BCUT2D eigenvalue weighted by Gasteiger charge is 1.92. The molecule has 0 spiro atoms. The van der Waals surface area contributed by atoms with Crippen molar-refractivity contribution in [3.05, 3.63) is 0 Å². The van der Waals surface area contributed by atoms with E-state index in [0.29, 0.717) is 0 Å². The Morgan fingerprint density at radius 1 is 1.12 bits per heavy atom. The van der Waals surface area contributed by atoms with E-state index < -0.39 is 0 Å². The molecule has 1 saturated heterocycles. The molecule has 0 amide bonds. The molecule has 0 saturated carbocycles. The summed E-state index contributed by atoms with van der Waals surface area (Å²) in [4.78, 5) is 0. The summed E-state index contributed by atoms with van der Waals surface area (Å²) in [6, 6.07) is 0. The van der Waals surface area contributed by atoms with Crippen LogP contribution in [0.1, 0.15) is 13.8 Å². The van der Waals surface area contributed by atoms with Gasteiger partial charge >= 0.3 is 0 Å². The monoisotopic (exact) mass is 117 g/mol. The van der Waals surface area contributed by atoms with Crippen molar-refractivity contribution in [2.75, 3.05) is 26.3 Å². The first kappa shape index (κ1) is 7.92. The van der Waals surface area contributed by atoms with Gasteiger partial charge in [0.1, 0.15) is 0 Å². The van der Waals surface area contributed by atoms with Gasteiger partial charge in [0.05, 0.1) is 13.2 Å². The standard InChI is InChI=1S/C4H9NO.C2H6/c1-3-6-4-2-5-1;1-2/h5H,1-4H2;1-2H3. The molecule has 0 aromatic carbocycles. The van der Waals surface area contributed by atoms with Crippen molar-refractivity contribution < 1.29 is 4.74 Å². The summed E-state index contributed by atoms with van der Waals surface area (Å²) in [7, 11) is 0. The van der Waals surface area contributed by atoms with Gasteiger partial charge in [-0.1, -0.05) is 13.8 Å². The van der Waals surface area contributed by atoms with E-state index in [2.05, 4.69) is 5.32 Å². The van der Waals surface area contributed by atoms with Crippen molar-refractivity contribution in [1.82, 2.24) is 5.32 Å². The summed E-state index contributed by atoms with van der Waals surface area (Å²) in [5.74, 6) is 0. The number of hydrogen-bond donors (Lipinski definition) is 1. The van der Waals surface area contributed by atoms with Crippen LogP contribution in [0.5, 0.6) is 0 Å². The molecule has 0 bridgehead atoms. The van der Waals surface area contributed by atoms with Gasteiger partial charge in [-0.3, -0.25) is 0 Å². The molecule has 0 radical (unpaired) electrons. The van der Waals surface area contributed by atoms with Gasteiger partial charge in [-0.05, 0) is 0 Å². The molecule has 1 heterocycles. The second kappa shape index (κ2) is 6.92. The Labute approximate surface area is 51.2 Å². The zero-order valence-corrected chi connectivity index (χ0v) is 5.74. The Balaban J connectivity index is 0.000000222. The Morgan fingerprint density at radius 3 is 1.75 bits per heavy atom. The predicted octanol–water partition coefficient (Wildman–Crippen LogP) is 0.632. The van der Waals surface area contributed by atoms with Crippen LogP contribution in [0.15, 0.2) is 0 Å². The Hall–Kier alpha value is -0.0800. The van der Waals surface area contributed by atoms with Gasteiger partial charge in [-0.2, -0.15) is 0 Å². The summed E-state index contributed by atoms with van der Waals surface area (Å²) < 4.78 is 5.01. The molecule has 0 aromatic rings. The second-order valence-electron chi connectivity index (χ2n) is 1.36. The lowest BCUT2D eigenvalue weighted by molar-refractivity contribution is 0.109. The lowest BCUT2D eigenvalue weighted by Crippen LogP contribution is -2.30. The van der Waals surface area contributed by atoms with Crippen LogP contribution in [-0.4, -0.2) is 26.3 Å². The summed E-state index contributed by atoms with van der Waals surface area (Å²) in [6.45, 7) is 7.83. The smallest absolute Gasteiger partial charge is 0.0591 e. The van der Waals surface area contributed by atoms with Crippen LogP contribution < -0.4 is 5.32 Å². The third-order valence-corrected chi connectivity index (χ3v) is 0.846. The second-order valence-corrected chi connectivity index (χ2v) is 1.36. The van der Waals surface area contributed by atoms with Crippen LogP contribution in [0, 0.1) is 0 Å². The maximum atomic E-state index is 5.01.